The number of piperidine rings is 1. The van der Waals surface area contributed by atoms with Crippen molar-refractivity contribution in [3.63, 3.8) is 0 Å². The number of aliphatic hydroxyl groups is 1. The number of likely N-dealkylation sites (tertiary alicyclic amines) is 1. The molecule has 1 aliphatic rings. The van der Waals surface area contributed by atoms with E-state index in [2.05, 4.69) is 67.5 Å². The van der Waals surface area contributed by atoms with E-state index in [1.807, 2.05) is 0 Å². The number of aliphatic imine (C=N–C) groups is 1. The predicted molar refractivity (Wildman–Crippen MR) is 123 cm³/mol. The fraction of sp³-hybridized carbons (Fsp3) is 0.708. The lowest BCUT2D eigenvalue weighted by Crippen LogP contribution is -2.48. The fourth-order valence-electron chi connectivity index (χ4n) is 4.21. The second-order valence-corrected chi connectivity index (χ2v) is 8.56. The maximum absolute atomic E-state index is 9.46. The number of aryl methyl sites for hydroxylation is 1. The first kappa shape index (κ1) is 23.7. The zero-order chi connectivity index (χ0) is 21.1. The van der Waals surface area contributed by atoms with E-state index in [-0.39, 0.29) is 12.0 Å². The van der Waals surface area contributed by atoms with Crippen LogP contribution in [0.1, 0.15) is 64.0 Å². The third-order valence-electron chi connectivity index (χ3n) is 6.48. The van der Waals surface area contributed by atoms with Crippen LogP contribution in [0, 0.1) is 12.3 Å². The Kier molecular flexibility index (Phi) is 9.95. The van der Waals surface area contributed by atoms with Crippen molar-refractivity contribution in [1.82, 2.24) is 15.5 Å². The topological polar surface area (TPSA) is 59.9 Å². The van der Waals surface area contributed by atoms with E-state index in [9.17, 15) is 5.11 Å². The molecule has 0 aromatic heterocycles. The summed E-state index contributed by atoms with van der Waals surface area (Å²) in [5.74, 6) is 0.925. The number of benzene rings is 1. The summed E-state index contributed by atoms with van der Waals surface area (Å²) in [6, 6.07) is 9.31. The van der Waals surface area contributed by atoms with Crippen molar-refractivity contribution < 1.29 is 5.11 Å². The zero-order valence-corrected chi connectivity index (χ0v) is 19.0. The highest BCUT2D eigenvalue weighted by atomic mass is 16.3. The average Bonchev–Trinajstić information content (AvgIpc) is 2.73. The Morgan fingerprint density at radius 2 is 1.93 bits per heavy atom. The SMILES string of the molecule is CCNC(=NCC(CC)(CC)CCO)NC1CCN(Cc2cccc(C)c2)CC1. The molecule has 0 unspecified atom stereocenters. The van der Waals surface area contributed by atoms with E-state index < -0.39 is 0 Å². The summed E-state index contributed by atoms with van der Waals surface area (Å²) >= 11 is 0. The van der Waals surface area contributed by atoms with Crippen LogP contribution in [0.3, 0.4) is 0 Å². The highest BCUT2D eigenvalue weighted by molar-refractivity contribution is 5.80. The maximum Gasteiger partial charge on any atom is 0.191 e. The van der Waals surface area contributed by atoms with Crippen LogP contribution in [0.2, 0.25) is 0 Å². The summed E-state index contributed by atoms with van der Waals surface area (Å²) in [5, 5.41) is 16.5. The van der Waals surface area contributed by atoms with Crippen LogP contribution in [0.5, 0.6) is 0 Å². The molecule has 1 aromatic rings. The molecule has 0 atom stereocenters. The van der Waals surface area contributed by atoms with Gasteiger partial charge in [0.1, 0.15) is 0 Å². The van der Waals surface area contributed by atoms with Gasteiger partial charge in [0.15, 0.2) is 5.96 Å². The Balaban J connectivity index is 1.88. The molecule has 0 saturated carbocycles. The first-order valence-corrected chi connectivity index (χ1v) is 11.5. The summed E-state index contributed by atoms with van der Waals surface area (Å²) in [6.45, 7) is 13.8. The van der Waals surface area contributed by atoms with Crippen molar-refractivity contribution >= 4 is 5.96 Å². The van der Waals surface area contributed by atoms with E-state index in [1.54, 1.807) is 0 Å². The molecule has 0 amide bonds. The molecule has 1 aromatic carbocycles. The minimum Gasteiger partial charge on any atom is -0.396 e. The summed E-state index contributed by atoms with van der Waals surface area (Å²) in [6.07, 6.45) is 5.19. The van der Waals surface area contributed by atoms with Crippen LogP contribution < -0.4 is 10.6 Å². The summed E-state index contributed by atoms with van der Waals surface area (Å²) in [5.41, 5.74) is 2.85. The van der Waals surface area contributed by atoms with Gasteiger partial charge in [-0.05, 0) is 56.9 Å². The molecule has 5 heteroatoms. The van der Waals surface area contributed by atoms with Gasteiger partial charge < -0.3 is 15.7 Å². The molecule has 3 N–H and O–H groups in total. The predicted octanol–water partition coefficient (Wildman–Crippen LogP) is 3.70. The average molecular weight is 403 g/mol. The third-order valence-corrected chi connectivity index (χ3v) is 6.48. The van der Waals surface area contributed by atoms with E-state index in [4.69, 9.17) is 4.99 Å². The normalized spacial score (nSPS) is 16.8. The lowest BCUT2D eigenvalue weighted by Gasteiger charge is -2.34. The Morgan fingerprint density at radius 1 is 1.21 bits per heavy atom. The number of aliphatic hydroxyl groups excluding tert-OH is 1. The van der Waals surface area contributed by atoms with Crippen molar-refractivity contribution in [3.05, 3.63) is 35.4 Å². The van der Waals surface area contributed by atoms with Crippen molar-refractivity contribution in [2.24, 2.45) is 10.4 Å². The third kappa shape index (κ3) is 7.63. The highest BCUT2D eigenvalue weighted by Crippen LogP contribution is 2.30. The number of rotatable bonds is 10. The molecule has 1 saturated heterocycles. The monoisotopic (exact) mass is 402 g/mol. The van der Waals surface area contributed by atoms with Crippen molar-refractivity contribution in [3.8, 4) is 0 Å². The number of hydrogen-bond acceptors (Lipinski definition) is 3. The zero-order valence-electron chi connectivity index (χ0n) is 19.0. The van der Waals surface area contributed by atoms with E-state index >= 15 is 0 Å². The second kappa shape index (κ2) is 12.2. The van der Waals surface area contributed by atoms with E-state index in [1.165, 1.54) is 11.1 Å². The lowest BCUT2D eigenvalue weighted by molar-refractivity contribution is 0.175. The minimum absolute atomic E-state index is 0.105. The number of nitrogens with zero attached hydrogens (tertiary/aromatic N) is 2. The van der Waals surface area contributed by atoms with E-state index in [0.717, 1.165) is 70.8 Å². The summed E-state index contributed by atoms with van der Waals surface area (Å²) in [4.78, 5) is 7.46. The Bertz CT molecular complexity index is 619. The van der Waals surface area contributed by atoms with E-state index in [0.29, 0.717) is 6.04 Å². The standard InChI is InChI=1S/C24H42N4O/c1-5-24(6-2,13-16-29)19-26-23(25-7-3)27-22-11-14-28(15-12-22)18-21-10-8-9-20(4)17-21/h8-10,17,22,29H,5-7,11-16,18-19H2,1-4H3,(H2,25,26,27). The van der Waals surface area contributed by atoms with Crippen molar-refractivity contribution in [2.45, 2.75) is 72.4 Å². The highest BCUT2D eigenvalue weighted by Gasteiger charge is 2.26. The van der Waals surface area contributed by atoms with Gasteiger partial charge in [0, 0.05) is 45.4 Å². The van der Waals surface area contributed by atoms with Gasteiger partial charge in [-0.3, -0.25) is 9.89 Å². The molecular formula is C24H42N4O. The van der Waals surface area contributed by atoms with Crippen LogP contribution >= 0.6 is 0 Å². The Morgan fingerprint density at radius 3 is 2.52 bits per heavy atom. The van der Waals surface area contributed by atoms with Gasteiger partial charge in [0.05, 0.1) is 0 Å². The molecule has 0 bridgehead atoms. The number of nitrogens with one attached hydrogen (secondary N) is 2. The number of guanidine groups is 1. The summed E-state index contributed by atoms with van der Waals surface area (Å²) in [7, 11) is 0. The van der Waals surface area contributed by atoms with Crippen LogP contribution in [-0.2, 0) is 6.54 Å². The number of hydrogen-bond donors (Lipinski definition) is 3. The lowest BCUT2D eigenvalue weighted by atomic mass is 9.79. The quantitative estimate of drug-likeness (QED) is 0.412. The maximum atomic E-state index is 9.46. The molecule has 5 nitrogen and oxygen atoms in total. The molecule has 1 heterocycles. The smallest absolute Gasteiger partial charge is 0.191 e. The first-order chi connectivity index (χ1) is 14.0. The molecular weight excluding hydrogens is 360 g/mol. The fourth-order valence-corrected chi connectivity index (χ4v) is 4.21. The molecule has 1 aliphatic heterocycles. The molecule has 2 rings (SSSR count). The van der Waals surface area contributed by atoms with Crippen LogP contribution in [0.25, 0.3) is 0 Å². The van der Waals surface area contributed by atoms with Gasteiger partial charge in [-0.15, -0.1) is 0 Å². The molecule has 1 fully saturated rings. The van der Waals surface area contributed by atoms with Gasteiger partial charge in [-0.2, -0.15) is 0 Å². The second-order valence-electron chi connectivity index (χ2n) is 8.56. The molecule has 0 aliphatic carbocycles. The van der Waals surface area contributed by atoms with Gasteiger partial charge in [0.25, 0.3) is 0 Å². The minimum atomic E-state index is 0.105. The van der Waals surface area contributed by atoms with Gasteiger partial charge in [0.2, 0.25) is 0 Å². The Hall–Kier alpha value is -1.59. The molecule has 0 radical (unpaired) electrons. The molecule has 164 valence electrons. The van der Waals surface area contributed by atoms with Gasteiger partial charge >= 0.3 is 0 Å². The summed E-state index contributed by atoms with van der Waals surface area (Å²) < 4.78 is 0. The Labute approximate surface area is 178 Å². The van der Waals surface area contributed by atoms with Crippen molar-refractivity contribution in [1.29, 1.82) is 0 Å². The van der Waals surface area contributed by atoms with Gasteiger partial charge in [-0.1, -0.05) is 43.7 Å². The first-order valence-electron chi connectivity index (χ1n) is 11.5. The van der Waals surface area contributed by atoms with Crippen LogP contribution in [0.15, 0.2) is 29.3 Å². The largest absolute Gasteiger partial charge is 0.396 e. The van der Waals surface area contributed by atoms with Crippen LogP contribution in [0.4, 0.5) is 0 Å². The molecule has 0 spiro atoms. The molecule has 29 heavy (non-hydrogen) atoms. The van der Waals surface area contributed by atoms with Gasteiger partial charge in [-0.25, -0.2) is 0 Å². The van der Waals surface area contributed by atoms with Crippen molar-refractivity contribution in [2.75, 3.05) is 32.8 Å². The van der Waals surface area contributed by atoms with Crippen LogP contribution in [-0.4, -0.2) is 54.8 Å².